The van der Waals surface area contributed by atoms with E-state index in [0.29, 0.717) is 24.4 Å². The van der Waals surface area contributed by atoms with Crippen molar-refractivity contribution < 1.29 is 19.4 Å². The molecule has 5 nitrogen and oxygen atoms in total. The van der Waals surface area contributed by atoms with Crippen LogP contribution in [0.4, 0.5) is 0 Å². The first kappa shape index (κ1) is 17.9. The Hall–Kier alpha value is -2.95. The Labute approximate surface area is 151 Å². The fourth-order valence-electron chi connectivity index (χ4n) is 3.15. The minimum absolute atomic E-state index is 0.159. The van der Waals surface area contributed by atoms with Gasteiger partial charge in [-0.2, -0.15) is 0 Å². The van der Waals surface area contributed by atoms with E-state index in [1.54, 1.807) is 6.07 Å². The highest BCUT2D eigenvalue weighted by atomic mass is 16.5. The molecule has 0 fully saturated rings. The predicted molar refractivity (Wildman–Crippen MR) is 102 cm³/mol. The van der Waals surface area contributed by atoms with Crippen LogP contribution in [0.1, 0.15) is 25.4 Å². The Morgan fingerprint density at radius 3 is 2.31 bits per heavy atom. The van der Waals surface area contributed by atoms with E-state index in [-0.39, 0.29) is 11.5 Å². The van der Waals surface area contributed by atoms with Crippen molar-refractivity contribution in [1.29, 1.82) is 0 Å². The second-order valence-corrected chi connectivity index (χ2v) is 6.01. The number of aryl methyl sites for hydroxylation is 2. The smallest absolute Gasteiger partial charge is 0.355 e. The van der Waals surface area contributed by atoms with E-state index in [1.807, 2.05) is 39.8 Å². The summed E-state index contributed by atoms with van der Waals surface area (Å²) >= 11 is 0. The molecule has 0 atom stereocenters. The zero-order valence-corrected chi connectivity index (χ0v) is 15.4. The van der Waals surface area contributed by atoms with Gasteiger partial charge in [-0.1, -0.05) is 6.07 Å². The first-order chi connectivity index (χ1) is 12.5. The van der Waals surface area contributed by atoms with Crippen molar-refractivity contribution in [2.45, 2.75) is 27.7 Å². The molecule has 0 unspecified atom stereocenters. The maximum Gasteiger partial charge on any atom is 0.355 e. The molecule has 0 amide bonds. The number of furan rings is 1. The summed E-state index contributed by atoms with van der Waals surface area (Å²) in [5.41, 5.74) is 2.24. The van der Waals surface area contributed by atoms with E-state index in [4.69, 9.17) is 13.6 Å². The lowest BCUT2D eigenvalue weighted by Gasteiger charge is -2.05. The number of hydrogen-bond acceptors (Lipinski definition) is 4. The minimum atomic E-state index is -0.175. The fourth-order valence-corrected chi connectivity index (χ4v) is 3.15. The highest BCUT2D eigenvalue weighted by Gasteiger charge is 2.20. The molecule has 1 heterocycles. The van der Waals surface area contributed by atoms with Gasteiger partial charge in [0.2, 0.25) is 0 Å². The third-order valence-corrected chi connectivity index (χ3v) is 4.23. The highest BCUT2D eigenvalue weighted by molar-refractivity contribution is 5.93. The average Bonchev–Trinajstić information content (AvgIpc) is 2.79. The van der Waals surface area contributed by atoms with Gasteiger partial charge in [0, 0.05) is 6.92 Å². The van der Waals surface area contributed by atoms with Crippen molar-refractivity contribution >= 4 is 10.8 Å². The number of phenols is 2. The molecule has 1 aromatic heterocycles. The van der Waals surface area contributed by atoms with Crippen LogP contribution in [0.15, 0.2) is 39.2 Å². The summed E-state index contributed by atoms with van der Waals surface area (Å²) in [5.74, 6) is 1.88. The Balaban J connectivity index is 2.45. The van der Waals surface area contributed by atoms with Gasteiger partial charge in [0.15, 0.2) is 11.5 Å². The molecule has 0 aliphatic rings. The van der Waals surface area contributed by atoms with Gasteiger partial charge in [-0.3, -0.25) is 4.42 Å². The maximum atomic E-state index is 9.88. The first-order valence-corrected chi connectivity index (χ1v) is 8.65. The molecule has 0 spiro atoms. The van der Waals surface area contributed by atoms with Crippen LogP contribution in [0, 0.1) is 13.8 Å². The molecule has 0 bridgehead atoms. The van der Waals surface area contributed by atoms with E-state index in [1.165, 1.54) is 12.1 Å². The van der Waals surface area contributed by atoms with Crippen molar-refractivity contribution in [3.05, 3.63) is 51.7 Å². The number of fused-ring (bicyclic) bond motifs is 1. The van der Waals surface area contributed by atoms with E-state index in [0.717, 1.165) is 33.4 Å². The lowest BCUT2D eigenvalue weighted by Crippen LogP contribution is -2.01. The van der Waals surface area contributed by atoms with Gasteiger partial charge in [-0.05, 0) is 50.1 Å². The van der Waals surface area contributed by atoms with Crippen LogP contribution in [-0.2, 0) is 0 Å². The highest BCUT2D eigenvalue weighted by Crippen LogP contribution is 2.35. The lowest BCUT2D eigenvalue weighted by molar-refractivity contribution is 0.344. The summed E-state index contributed by atoms with van der Waals surface area (Å²) in [5, 5.41) is 21.2. The topological polar surface area (TPSA) is 74.1 Å². The second kappa shape index (κ2) is 7.12. The molecule has 0 aliphatic heterocycles. The fraction of sp³-hybridized carbons (Fsp3) is 0.286. The Morgan fingerprint density at radius 2 is 1.65 bits per heavy atom. The molecule has 136 valence electrons. The number of benzene rings is 1. The predicted octanol–water partition coefficient (Wildman–Crippen LogP) is 4.44. The quantitative estimate of drug-likeness (QED) is 0.536. The van der Waals surface area contributed by atoms with Crippen molar-refractivity contribution in [2.24, 2.45) is 0 Å². The van der Waals surface area contributed by atoms with Crippen LogP contribution < -0.4 is 10.2 Å². The molecule has 3 aromatic rings. The molecule has 5 heteroatoms. The van der Waals surface area contributed by atoms with Crippen molar-refractivity contribution in [3.8, 4) is 28.4 Å². The zero-order chi connectivity index (χ0) is 18.8. The molecule has 3 rings (SSSR count). The van der Waals surface area contributed by atoms with E-state index in [9.17, 15) is 10.2 Å². The van der Waals surface area contributed by atoms with Gasteiger partial charge in [0.1, 0.15) is 22.7 Å². The molecule has 0 saturated carbocycles. The van der Waals surface area contributed by atoms with Crippen molar-refractivity contribution in [1.82, 2.24) is 0 Å². The molecular formula is C21H23O5+. The van der Waals surface area contributed by atoms with E-state index in [2.05, 4.69) is 0 Å². The summed E-state index contributed by atoms with van der Waals surface area (Å²) in [6.07, 6.45) is 0. The average molecular weight is 355 g/mol. The molecule has 2 aromatic carbocycles. The summed E-state index contributed by atoms with van der Waals surface area (Å²) in [6, 6.07) is 8.53. The summed E-state index contributed by atoms with van der Waals surface area (Å²) in [4.78, 5) is 0. The number of aromatic hydroxyl groups is 2. The molecule has 0 aliphatic carbocycles. The number of phenolic OH excluding ortho intramolecular Hbond substituents is 2. The van der Waals surface area contributed by atoms with Gasteiger partial charge in [-0.15, -0.1) is 0 Å². The molecule has 0 saturated heterocycles. The maximum absolute atomic E-state index is 9.88. The van der Waals surface area contributed by atoms with Crippen LogP contribution in [0.5, 0.6) is 17.2 Å². The first-order valence-electron chi connectivity index (χ1n) is 8.65. The summed E-state index contributed by atoms with van der Waals surface area (Å²) < 4.78 is 17.6. The largest absolute Gasteiger partial charge is 0.504 e. The Kier molecular flexibility index (Phi) is 4.89. The molecule has 2 N–H and O–H groups in total. The Morgan fingerprint density at radius 1 is 0.923 bits per heavy atom. The number of ether oxygens (including phenoxy) is 1. The molecule has 26 heavy (non-hydrogen) atoms. The summed E-state index contributed by atoms with van der Waals surface area (Å²) in [7, 11) is 0. The molecular weight excluding hydrogens is 332 g/mol. The zero-order valence-electron chi connectivity index (χ0n) is 15.4. The van der Waals surface area contributed by atoms with Gasteiger partial charge in [0.05, 0.1) is 18.1 Å². The Bertz CT molecular complexity index is 1030. The van der Waals surface area contributed by atoms with Gasteiger partial charge < -0.3 is 19.4 Å². The summed E-state index contributed by atoms with van der Waals surface area (Å²) in [6.45, 7) is 8.67. The monoisotopic (exact) mass is 355 g/mol. The van der Waals surface area contributed by atoms with Crippen LogP contribution in [0.3, 0.4) is 0 Å². The SMILES string of the molecule is CCOc1cc(-c2ccc(O)c(O)c2)cc(=[O+]CC)c2c(C)oc(C)c12. The normalized spacial score (nSPS) is 11.9. The number of hydrogen-bond donors (Lipinski definition) is 2. The van der Waals surface area contributed by atoms with Gasteiger partial charge in [0.25, 0.3) is 6.61 Å². The lowest BCUT2D eigenvalue weighted by atomic mass is 10.1. The second-order valence-electron chi connectivity index (χ2n) is 6.01. The van der Waals surface area contributed by atoms with Crippen LogP contribution in [0.25, 0.3) is 21.9 Å². The minimum Gasteiger partial charge on any atom is -0.504 e. The van der Waals surface area contributed by atoms with E-state index >= 15 is 0 Å². The third-order valence-electron chi connectivity index (χ3n) is 4.23. The standard InChI is InChI=1S/C21H22O5/c1-5-24-18-10-15(14-7-8-16(22)17(23)9-14)11-19(25-6-2)21-13(4)26-12(3)20(18)21/h7-11H,5-6H2,1-4H3,(H-,22,23)/p+1. The van der Waals surface area contributed by atoms with Gasteiger partial charge in [-0.25, -0.2) is 0 Å². The van der Waals surface area contributed by atoms with Gasteiger partial charge >= 0.3 is 5.43 Å². The number of rotatable bonds is 4. The van der Waals surface area contributed by atoms with Crippen molar-refractivity contribution in [2.75, 3.05) is 13.2 Å². The van der Waals surface area contributed by atoms with Crippen molar-refractivity contribution in [3.63, 3.8) is 0 Å². The molecule has 0 radical (unpaired) electrons. The van der Waals surface area contributed by atoms with E-state index < -0.39 is 0 Å². The van der Waals surface area contributed by atoms with Crippen LogP contribution in [0.2, 0.25) is 0 Å². The van der Waals surface area contributed by atoms with Crippen LogP contribution >= 0.6 is 0 Å². The van der Waals surface area contributed by atoms with Crippen LogP contribution in [-0.4, -0.2) is 23.4 Å². The third kappa shape index (κ3) is 3.12.